The molecule has 0 unspecified atom stereocenters. The van der Waals surface area contributed by atoms with Crippen molar-refractivity contribution in [1.29, 1.82) is 0 Å². The van der Waals surface area contributed by atoms with E-state index >= 15 is 0 Å². The maximum Gasteiger partial charge on any atom is 0.252 e. The molecule has 3 N–H and O–H groups in total. The van der Waals surface area contributed by atoms with E-state index < -0.39 is 0 Å². The molecule has 6 rings (SSSR count). The smallest absolute Gasteiger partial charge is 0.252 e. The van der Waals surface area contributed by atoms with Crippen molar-refractivity contribution in [1.82, 2.24) is 19.8 Å². The normalized spacial score (nSPS) is 13.2. The van der Waals surface area contributed by atoms with Crippen LogP contribution in [0.5, 0.6) is 0 Å². The number of carbonyl (C=O) groups is 1. The van der Waals surface area contributed by atoms with E-state index in [-0.39, 0.29) is 5.91 Å². The molecule has 1 aliphatic heterocycles. The average Bonchev–Trinajstić information content (AvgIpc) is 3.30. The van der Waals surface area contributed by atoms with Crippen LogP contribution in [0, 0.1) is 11.8 Å². The third-order valence-electron chi connectivity index (χ3n) is 7.46. The highest BCUT2D eigenvalue weighted by atomic mass is 79.9. The van der Waals surface area contributed by atoms with E-state index in [1.54, 1.807) is 0 Å². The lowest BCUT2D eigenvalue weighted by Gasteiger charge is -2.26. The topological polar surface area (TPSA) is 76.2 Å². The summed E-state index contributed by atoms with van der Waals surface area (Å²) < 4.78 is 3.07. The third-order valence-corrected chi connectivity index (χ3v) is 7.95. The van der Waals surface area contributed by atoms with E-state index in [1.165, 1.54) is 11.1 Å². The van der Waals surface area contributed by atoms with Gasteiger partial charge >= 0.3 is 0 Å². The predicted octanol–water partition coefficient (Wildman–Crippen LogP) is 5.25. The summed E-state index contributed by atoms with van der Waals surface area (Å²) in [6, 6.07) is 22.6. The lowest BCUT2D eigenvalue weighted by molar-refractivity contribution is 0.0956. The highest BCUT2D eigenvalue weighted by molar-refractivity contribution is 9.10. The van der Waals surface area contributed by atoms with Crippen LogP contribution in [-0.2, 0) is 20.0 Å². The molecule has 0 aliphatic carbocycles. The fourth-order valence-corrected chi connectivity index (χ4v) is 5.78. The Bertz CT molecular complexity index is 1810. The lowest BCUT2D eigenvalue weighted by Crippen LogP contribution is -2.30. The van der Waals surface area contributed by atoms with Gasteiger partial charge in [0.05, 0.1) is 23.3 Å². The van der Waals surface area contributed by atoms with Crippen molar-refractivity contribution in [2.24, 2.45) is 12.8 Å². The van der Waals surface area contributed by atoms with Gasteiger partial charge in [-0.3, -0.25) is 9.69 Å². The molecule has 7 heteroatoms. The van der Waals surface area contributed by atoms with Gasteiger partial charge in [0.2, 0.25) is 0 Å². The van der Waals surface area contributed by atoms with E-state index in [4.69, 9.17) is 10.7 Å². The molecule has 2 aromatic heterocycles. The predicted molar refractivity (Wildman–Crippen MR) is 165 cm³/mol. The summed E-state index contributed by atoms with van der Waals surface area (Å²) in [6.07, 6.45) is 3.11. The minimum atomic E-state index is -0.169. The number of aryl methyl sites for hydroxylation is 1. The molecule has 6 nitrogen and oxygen atoms in total. The first-order valence-corrected chi connectivity index (χ1v) is 14.3. The van der Waals surface area contributed by atoms with Crippen molar-refractivity contribution in [3.8, 4) is 23.1 Å². The van der Waals surface area contributed by atoms with E-state index in [0.29, 0.717) is 25.2 Å². The largest absolute Gasteiger partial charge is 0.351 e. The zero-order valence-corrected chi connectivity index (χ0v) is 24.0. The maximum atomic E-state index is 13.3. The molecule has 200 valence electrons. The summed E-state index contributed by atoms with van der Waals surface area (Å²) in [5, 5.41) is 4.78. The number of fused-ring (bicyclic) bond motifs is 3. The Balaban J connectivity index is 1.35. The second-order valence-corrected chi connectivity index (χ2v) is 11.1. The van der Waals surface area contributed by atoms with Gasteiger partial charge in [-0.25, -0.2) is 4.98 Å². The Kier molecular flexibility index (Phi) is 7.40. The number of hydrogen-bond acceptors (Lipinski definition) is 4. The molecule has 0 atom stereocenters. The number of nitrogens with zero attached hydrogens (tertiary/aromatic N) is 3. The number of nitrogens with one attached hydrogen (secondary N) is 1. The third kappa shape index (κ3) is 5.26. The van der Waals surface area contributed by atoms with Gasteiger partial charge in [0.25, 0.3) is 5.91 Å². The van der Waals surface area contributed by atoms with Crippen LogP contribution in [0.15, 0.2) is 77.4 Å². The van der Waals surface area contributed by atoms with E-state index in [1.807, 2.05) is 37.4 Å². The van der Waals surface area contributed by atoms with Crippen LogP contribution in [-0.4, -0.2) is 46.5 Å². The molecule has 0 fully saturated rings. The van der Waals surface area contributed by atoms with Crippen molar-refractivity contribution in [3.05, 3.63) is 99.7 Å². The monoisotopic (exact) mass is 591 g/mol. The van der Waals surface area contributed by atoms with Crippen molar-refractivity contribution in [2.75, 3.05) is 26.2 Å². The molecule has 1 aliphatic rings. The van der Waals surface area contributed by atoms with Gasteiger partial charge in [-0.15, -0.1) is 0 Å². The molecule has 0 radical (unpaired) electrons. The molecule has 5 aromatic rings. The van der Waals surface area contributed by atoms with Gasteiger partial charge in [0, 0.05) is 71.3 Å². The van der Waals surface area contributed by atoms with Crippen LogP contribution >= 0.6 is 15.9 Å². The van der Waals surface area contributed by atoms with E-state index in [9.17, 15) is 4.79 Å². The molecule has 1 amide bonds. The second kappa shape index (κ2) is 11.3. The average molecular weight is 593 g/mol. The van der Waals surface area contributed by atoms with Crippen LogP contribution in [0.4, 0.5) is 0 Å². The van der Waals surface area contributed by atoms with Crippen LogP contribution in [0.1, 0.15) is 27.0 Å². The maximum absolute atomic E-state index is 13.3. The Labute approximate surface area is 242 Å². The van der Waals surface area contributed by atoms with Gasteiger partial charge in [-0.2, -0.15) is 0 Å². The highest BCUT2D eigenvalue weighted by Crippen LogP contribution is 2.33. The second-order valence-electron chi connectivity index (χ2n) is 10.2. The Morgan fingerprint density at radius 1 is 1.07 bits per heavy atom. The van der Waals surface area contributed by atoms with Crippen molar-refractivity contribution < 1.29 is 4.79 Å². The standard InChI is InChI=1S/C33H30BrN5O/c1-38-21-29(27-18-25(34)9-11-32(27)38)31-19-28(33(40)36-14-13-35)26-17-22(8-10-30(26)37-31)5-4-15-39-16-12-23-6-2-3-7-24(23)20-39/h2-3,6-11,17-19,21H,12-16,20,35H2,1H3,(H,36,40). The Hall–Kier alpha value is -3.96. The molecule has 3 heterocycles. The van der Waals surface area contributed by atoms with Crippen molar-refractivity contribution >= 4 is 43.6 Å². The highest BCUT2D eigenvalue weighted by Gasteiger charge is 2.18. The fourth-order valence-electron chi connectivity index (χ4n) is 5.42. The molecular formula is C33H30BrN5O. The number of benzene rings is 3. The number of nitrogens with two attached hydrogens (primary N) is 1. The molecule has 0 spiro atoms. The van der Waals surface area contributed by atoms with Crippen LogP contribution in [0.25, 0.3) is 33.1 Å². The summed E-state index contributed by atoms with van der Waals surface area (Å²) >= 11 is 3.59. The number of carbonyl (C=O) groups excluding carboxylic acids is 1. The molecule has 0 saturated heterocycles. The number of pyridine rings is 1. The minimum absolute atomic E-state index is 0.169. The number of aromatic nitrogens is 2. The van der Waals surface area contributed by atoms with Gasteiger partial charge in [0.1, 0.15) is 0 Å². The summed E-state index contributed by atoms with van der Waals surface area (Å²) in [4.78, 5) is 20.7. The number of hydrogen-bond donors (Lipinski definition) is 2. The zero-order valence-electron chi connectivity index (χ0n) is 22.4. The molecule has 40 heavy (non-hydrogen) atoms. The quantitative estimate of drug-likeness (QED) is 0.274. The Morgan fingerprint density at radius 3 is 2.77 bits per heavy atom. The van der Waals surface area contributed by atoms with Crippen LogP contribution < -0.4 is 11.1 Å². The molecule has 0 bridgehead atoms. The summed E-state index contributed by atoms with van der Waals surface area (Å²) in [5.41, 5.74) is 13.5. The fraction of sp³-hybridized carbons (Fsp3) is 0.212. The first kappa shape index (κ1) is 26.3. The lowest BCUT2D eigenvalue weighted by atomic mass is 10.00. The van der Waals surface area contributed by atoms with Crippen molar-refractivity contribution in [2.45, 2.75) is 13.0 Å². The number of amides is 1. The van der Waals surface area contributed by atoms with Crippen LogP contribution in [0.3, 0.4) is 0 Å². The molecule has 3 aromatic carbocycles. The number of halogens is 1. The number of rotatable bonds is 5. The first-order valence-electron chi connectivity index (χ1n) is 13.5. The van der Waals surface area contributed by atoms with E-state index in [0.717, 1.165) is 62.6 Å². The van der Waals surface area contributed by atoms with Crippen molar-refractivity contribution in [3.63, 3.8) is 0 Å². The van der Waals surface area contributed by atoms with Gasteiger partial charge in [-0.05, 0) is 60.0 Å². The van der Waals surface area contributed by atoms with Crippen LogP contribution in [0.2, 0.25) is 0 Å². The molecular weight excluding hydrogens is 562 g/mol. The SMILES string of the molecule is Cn1cc(-c2cc(C(=O)NCCN)c3cc(C#CCN4CCc5ccccc5C4)ccc3n2)c2cc(Br)ccc21. The van der Waals surface area contributed by atoms with Gasteiger partial charge < -0.3 is 15.6 Å². The van der Waals surface area contributed by atoms with Gasteiger partial charge in [0.15, 0.2) is 0 Å². The zero-order chi connectivity index (χ0) is 27.6. The Morgan fingerprint density at radius 2 is 1.93 bits per heavy atom. The summed E-state index contributed by atoms with van der Waals surface area (Å²) in [7, 11) is 2.02. The summed E-state index contributed by atoms with van der Waals surface area (Å²) in [5.74, 6) is 6.50. The van der Waals surface area contributed by atoms with E-state index in [2.05, 4.69) is 85.1 Å². The van der Waals surface area contributed by atoms with Gasteiger partial charge in [-0.1, -0.05) is 52.0 Å². The first-order chi connectivity index (χ1) is 19.5. The molecule has 0 saturated carbocycles. The minimum Gasteiger partial charge on any atom is -0.351 e. The summed E-state index contributed by atoms with van der Waals surface area (Å²) in [6.45, 7) is 3.40.